The molecule has 1 saturated heterocycles. The van der Waals surface area contributed by atoms with E-state index in [1.165, 1.54) is 0 Å². The van der Waals surface area contributed by atoms with Gasteiger partial charge in [-0.05, 0) is 37.5 Å². The molecule has 0 aromatic heterocycles. The Hall–Kier alpha value is -1.10. The topological polar surface area (TPSA) is 66.4 Å². The minimum atomic E-state index is 0. The number of guanidine groups is 1. The maximum absolute atomic E-state index is 12.6. The van der Waals surface area contributed by atoms with Crippen LogP contribution in [-0.4, -0.2) is 87.9 Å². The summed E-state index contributed by atoms with van der Waals surface area (Å²) in [4.78, 5) is 21.5. The van der Waals surface area contributed by atoms with Gasteiger partial charge in [0.05, 0.1) is 19.6 Å². The normalized spacial score (nSPS) is 14.4. The molecule has 7 nitrogen and oxygen atoms in total. The number of amides is 1. The van der Waals surface area contributed by atoms with E-state index in [-0.39, 0.29) is 29.9 Å². The van der Waals surface area contributed by atoms with Gasteiger partial charge in [-0.25, -0.2) is 0 Å². The van der Waals surface area contributed by atoms with Crippen LogP contribution in [0.1, 0.15) is 25.3 Å². The highest BCUT2D eigenvalue weighted by molar-refractivity contribution is 14.0. The maximum atomic E-state index is 12.6. The van der Waals surface area contributed by atoms with Crippen molar-refractivity contribution in [2.45, 2.75) is 26.2 Å². The third kappa shape index (κ3) is 10.9. The van der Waals surface area contributed by atoms with Crippen molar-refractivity contribution >= 4 is 47.4 Å². The number of nitrogens with one attached hydrogen (secondary N) is 1. The summed E-state index contributed by atoms with van der Waals surface area (Å²) in [6.07, 6.45) is 2.36. The highest BCUT2D eigenvalue weighted by Gasteiger charge is 2.23. The monoisotopic (exact) mass is 566 g/mol. The third-order valence-electron chi connectivity index (χ3n) is 4.90. The highest BCUT2D eigenvalue weighted by Crippen LogP contribution is 2.13. The Labute approximate surface area is 208 Å². The van der Waals surface area contributed by atoms with E-state index in [0.29, 0.717) is 37.7 Å². The standard InChI is InChI=1S/C22H35ClN4O3.HI/c1-3-24-22(25-9-4-5-14-30-16-15-29-2)27-12-10-26(11-13-27)21(28)18-19-7-6-8-20(23)17-19;/h6-8,17H,3-5,9-16,18H2,1-2H3,(H,24,25);1H. The molecule has 176 valence electrons. The number of carbonyl (C=O) groups is 1. The second kappa shape index (κ2) is 16.5. The molecule has 9 heteroatoms. The van der Waals surface area contributed by atoms with Gasteiger partial charge in [-0.1, -0.05) is 23.7 Å². The van der Waals surface area contributed by atoms with Crippen molar-refractivity contribution in [1.29, 1.82) is 0 Å². The minimum absolute atomic E-state index is 0. The molecule has 1 aliphatic heterocycles. The van der Waals surface area contributed by atoms with Gasteiger partial charge in [0.25, 0.3) is 0 Å². The van der Waals surface area contributed by atoms with Gasteiger partial charge in [0, 0.05) is 58.0 Å². The summed E-state index contributed by atoms with van der Waals surface area (Å²) in [5.41, 5.74) is 0.955. The van der Waals surface area contributed by atoms with Crippen molar-refractivity contribution in [2.75, 3.05) is 66.2 Å². The predicted octanol–water partition coefficient (Wildman–Crippen LogP) is 3.05. The first kappa shape index (κ1) is 27.9. The molecule has 0 radical (unpaired) electrons. The van der Waals surface area contributed by atoms with Crippen molar-refractivity contribution in [3.05, 3.63) is 34.9 Å². The fraction of sp³-hybridized carbons (Fsp3) is 0.636. The average Bonchev–Trinajstić information content (AvgIpc) is 2.75. The van der Waals surface area contributed by atoms with Crippen molar-refractivity contribution in [3.63, 3.8) is 0 Å². The van der Waals surface area contributed by atoms with Crippen LogP contribution in [0.15, 0.2) is 29.3 Å². The zero-order valence-corrected chi connectivity index (χ0v) is 21.7. The van der Waals surface area contributed by atoms with Gasteiger partial charge in [-0.2, -0.15) is 0 Å². The van der Waals surface area contributed by atoms with Gasteiger partial charge in [0.15, 0.2) is 5.96 Å². The summed E-state index contributed by atoms with van der Waals surface area (Å²) in [6, 6.07) is 7.50. The van der Waals surface area contributed by atoms with Crippen molar-refractivity contribution in [3.8, 4) is 0 Å². The molecule has 0 unspecified atom stereocenters. The molecule has 2 rings (SSSR count). The van der Waals surface area contributed by atoms with E-state index in [4.69, 9.17) is 26.1 Å². The Balaban J connectivity index is 0.00000480. The van der Waals surface area contributed by atoms with Crippen LogP contribution in [0, 0.1) is 0 Å². The highest BCUT2D eigenvalue weighted by atomic mass is 127. The second-order valence-corrected chi connectivity index (χ2v) is 7.66. The van der Waals surface area contributed by atoms with E-state index in [0.717, 1.165) is 57.2 Å². The lowest BCUT2D eigenvalue weighted by atomic mass is 10.1. The van der Waals surface area contributed by atoms with Gasteiger partial charge in [0.1, 0.15) is 0 Å². The lowest BCUT2D eigenvalue weighted by molar-refractivity contribution is -0.131. The van der Waals surface area contributed by atoms with Crippen LogP contribution in [0.2, 0.25) is 5.02 Å². The maximum Gasteiger partial charge on any atom is 0.227 e. The van der Waals surface area contributed by atoms with Gasteiger partial charge in [0.2, 0.25) is 5.91 Å². The van der Waals surface area contributed by atoms with Crippen molar-refractivity contribution in [2.24, 2.45) is 4.99 Å². The Morgan fingerprint density at radius 3 is 2.55 bits per heavy atom. The average molecular weight is 567 g/mol. The number of unbranched alkanes of at least 4 members (excludes halogenated alkanes) is 1. The van der Waals surface area contributed by atoms with Crippen LogP contribution in [0.5, 0.6) is 0 Å². The van der Waals surface area contributed by atoms with Crippen LogP contribution >= 0.6 is 35.6 Å². The van der Waals surface area contributed by atoms with Crippen LogP contribution in [0.3, 0.4) is 0 Å². The number of aliphatic imine (C=N–C) groups is 1. The quantitative estimate of drug-likeness (QED) is 0.193. The fourth-order valence-electron chi connectivity index (χ4n) is 3.27. The molecule has 31 heavy (non-hydrogen) atoms. The van der Waals surface area contributed by atoms with Gasteiger partial charge < -0.3 is 24.6 Å². The molecule has 1 N–H and O–H groups in total. The largest absolute Gasteiger partial charge is 0.382 e. The first-order chi connectivity index (χ1) is 14.6. The first-order valence-electron chi connectivity index (χ1n) is 10.8. The summed E-state index contributed by atoms with van der Waals surface area (Å²) in [5, 5.41) is 4.04. The number of rotatable bonds is 11. The van der Waals surface area contributed by atoms with Gasteiger partial charge in [-0.3, -0.25) is 9.79 Å². The summed E-state index contributed by atoms with van der Waals surface area (Å²) < 4.78 is 10.4. The SMILES string of the molecule is CCNC(=NCCCCOCCOC)N1CCN(C(=O)Cc2cccc(Cl)c2)CC1.I. The zero-order chi connectivity index (χ0) is 21.6. The molecular weight excluding hydrogens is 531 g/mol. The molecule has 1 amide bonds. The predicted molar refractivity (Wildman–Crippen MR) is 137 cm³/mol. The Kier molecular flexibility index (Phi) is 14.9. The number of nitrogens with zero attached hydrogens (tertiary/aromatic N) is 3. The lowest BCUT2D eigenvalue weighted by Crippen LogP contribution is -2.54. The van der Waals surface area contributed by atoms with Crippen LogP contribution in [-0.2, 0) is 20.7 Å². The van der Waals surface area contributed by atoms with E-state index < -0.39 is 0 Å². The summed E-state index contributed by atoms with van der Waals surface area (Å²) in [6.45, 7) is 8.66. The van der Waals surface area contributed by atoms with Gasteiger partial charge in [-0.15, -0.1) is 24.0 Å². The molecule has 1 aromatic carbocycles. The second-order valence-electron chi connectivity index (χ2n) is 7.22. The molecule has 0 bridgehead atoms. The Bertz CT molecular complexity index is 670. The number of halogens is 2. The molecule has 1 aromatic rings. The van der Waals surface area contributed by atoms with Crippen LogP contribution in [0.25, 0.3) is 0 Å². The molecule has 0 atom stereocenters. The van der Waals surface area contributed by atoms with Crippen molar-refractivity contribution < 1.29 is 14.3 Å². The van der Waals surface area contributed by atoms with E-state index in [2.05, 4.69) is 17.1 Å². The molecule has 0 aliphatic carbocycles. The number of ether oxygens (including phenoxy) is 2. The minimum Gasteiger partial charge on any atom is -0.382 e. The molecule has 0 spiro atoms. The smallest absolute Gasteiger partial charge is 0.227 e. The molecule has 0 saturated carbocycles. The lowest BCUT2D eigenvalue weighted by Gasteiger charge is -2.36. The van der Waals surface area contributed by atoms with E-state index in [1.54, 1.807) is 7.11 Å². The number of piperazine rings is 1. The zero-order valence-electron chi connectivity index (χ0n) is 18.6. The fourth-order valence-corrected chi connectivity index (χ4v) is 3.48. The molecule has 1 aliphatic rings. The molecule has 1 heterocycles. The number of benzene rings is 1. The number of carbonyl (C=O) groups excluding carboxylic acids is 1. The number of hydrogen-bond donors (Lipinski definition) is 1. The van der Waals surface area contributed by atoms with E-state index in [1.807, 2.05) is 29.2 Å². The van der Waals surface area contributed by atoms with Crippen LogP contribution in [0.4, 0.5) is 0 Å². The Morgan fingerprint density at radius 1 is 1.13 bits per heavy atom. The van der Waals surface area contributed by atoms with Crippen LogP contribution < -0.4 is 5.32 Å². The molecular formula is C22H36ClIN4O3. The summed E-state index contributed by atoms with van der Waals surface area (Å²) in [5.74, 6) is 1.08. The van der Waals surface area contributed by atoms with Gasteiger partial charge >= 0.3 is 0 Å². The number of methoxy groups -OCH3 is 1. The first-order valence-corrected chi connectivity index (χ1v) is 11.1. The number of hydrogen-bond acceptors (Lipinski definition) is 4. The summed E-state index contributed by atoms with van der Waals surface area (Å²) in [7, 11) is 1.68. The molecule has 1 fully saturated rings. The van der Waals surface area contributed by atoms with Crippen molar-refractivity contribution in [1.82, 2.24) is 15.1 Å². The Morgan fingerprint density at radius 2 is 1.87 bits per heavy atom. The van der Waals surface area contributed by atoms with E-state index in [9.17, 15) is 4.79 Å². The summed E-state index contributed by atoms with van der Waals surface area (Å²) >= 11 is 6.02. The van der Waals surface area contributed by atoms with E-state index >= 15 is 0 Å². The third-order valence-corrected chi connectivity index (χ3v) is 5.14.